The number of imidazole rings is 1. The van der Waals surface area contributed by atoms with E-state index in [1.54, 1.807) is 0 Å². The van der Waals surface area contributed by atoms with Crippen molar-refractivity contribution >= 4 is 0 Å². The molecule has 0 aliphatic carbocycles. The maximum absolute atomic E-state index is 9.74. The summed E-state index contributed by atoms with van der Waals surface area (Å²) in [5, 5.41) is 9.74. The van der Waals surface area contributed by atoms with Crippen molar-refractivity contribution in [3.05, 3.63) is 18.2 Å². The molecule has 2 fully saturated rings. The van der Waals surface area contributed by atoms with Crippen LogP contribution in [-0.2, 0) is 13.6 Å². The van der Waals surface area contributed by atoms with Crippen LogP contribution in [0.3, 0.4) is 0 Å². The monoisotopic (exact) mass is 221 g/mol. The third kappa shape index (κ3) is 1.66. The summed E-state index contributed by atoms with van der Waals surface area (Å²) in [5.74, 6) is 1.13. The number of aliphatic hydroxyl groups excluding tert-OH is 1. The van der Waals surface area contributed by atoms with E-state index < -0.39 is 0 Å². The van der Waals surface area contributed by atoms with Crippen LogP contribution in [0.25, 0.3) is 0 Å². The molecule has 0 amide bonds. The van der Waals surface area contributed by atoms with Gasteiger partial charge in [-0.2, -0.15) is 0 Å². The molecule has 0 aromatic carbocycles. The number of piperidine rings is 1. The molecule has 0 spiro atoms. The molecule has 16 heavy (non-hydrogen) atoms. The number of hydrogen-bond donors (Lipinski definition) is 1. The van der Waals surface area contributed by atoms with Crippen LogP contribution < -0.4 is 0 Å². The highest BCUT2D eigenvalue weighted by Crippen LogP contribution is 2.36. The van der Waals surface area contributed by atoms with Crippen molar-refractivity contribution in [1.29, 1.82) is 0 Å². The summed E-state index contributed by atoms with van der Waals surface area (Å²) in [6.45, 7) is 0.936. The van der Waals surface area contributed by atoms with Crippen molar-refractivity contribution < 1.29 is 5.11 Å². The lowest BCUT2D eigenvalue weighted by Crippen LogP contribution is -2.44. The Bertz CT molecular complexity index is 362. The molecule has 2 atom stereocenters. The van der Waals surface area contributed by atoms with Gasteiger partial charge in [-0.05, 0) is 25.7 Å². The molecule has 3 rings (SSSR count). The second kappa shape index (κ2) is 3.86. The highest BCUT2D eigenvalue weighted by Gasteiger charge is 2.40. The molecule has 4 nitrogen and oxygen atoms in total. The molecular formula is C12H19N3O. The second-order valence-electron chi connectivity index (χ2n) is 5.14. The minimum Gasteiger partial charge on any atom is -0.393 e. The first-order valence-corrected chi connectivity index (χ1v) is 6.14. The average Bonchev–Trinajstić information content (AvgIpc) is 2.73. The van der Waals surface area contributed by atoms with Crippen molar-refractivity contribution in [3.8, 4) is 0 Å². The summed E-state index contributed by atoms with van der Waals surface area (Å²) in [5.41, 5.74) is 0. The highest BCUT2D eigenvalue weighted by atomic mass is 16.3. The zero-order chi connectivity index (χ0) is 11.1. The van der Waals surface area contributed by atoms with E-state index >= 15 is 0 Å². The van der Waals surface area contributed by atoms with Crippen molar-refractivity contribution in [2.24, 2.45) is 7.05 Å². The number of nitrogens with zero attached hydrogens (tertiary/aromatic N) is 3. The summed E-state index contributed by atoms with van der Waals surface area (Å²) in [4.78, 5) is 6.92. The van der Waals surface area contributed by atoms with Crippen LogP contribution in [0.5, 0.6) is 0 Å². The van der Waals surface area contributed by atoms with E-state index in [1.165, 1.54) is 12.8 Å². The number of aromatic nitrogens is 2. The molecule has 0 saturated carbocycles. The Labute approximate surface area is 95.9 Å². The van der Waals surface area contributed by atoms with Gasteiger partial charge >= 0.3 is 0 Å². The predicted molar refractivity (Wildman–Crippen MR) is 60.8 cm³/mol. The van der Waals surface area contributed by atoms with Crippen LogP contribution in [-0.4, -0.2) is 37.7 Å². The van der Waals surface area contributed by atoms with Crippen molar-refractivity contribution in [2.75, 3.05) is 0 Å². The topological polar surface area (TPSA) is 41.3 Å². The van der Waals surface area contributed by atoms with E-state index in [0.29, 0.717) is 12.1 Å². The molecule has 2 unspecified atom stereocenters. The quantitative estimate of drug-likeness (QED) is 0.807. The van der Waals surface area contributed by atoms with Crippen LogP contribution >= 0.6 is 0 Å². The van der Waals surface area contributed by atoms with Gasteiger partial charge in [-0.1, -0.05) is 0 Å². The Balaban J connectivity index is 1.75. The van der Waals surface area contributed by atoms with Crippen LogP contribution in [0.1, 0.15) is 31.5 Å². The molecular weight excluding hydrogens is 202 g/mol. The number of hydrogen-bond acceptors (Lipinski definition) is 3. The maximum Gasteiger partial charge on any atom is 0.122 e. The first kappa shape index (κ1) is 10.3. The van der Waals surface area contributed by atoms with E-state index in [1.807, 2.05) is 19.4 Å². The zero-order valence-electron chi connectivity index (χ0n) is 9.71. The van der Waals surface area contributed by atoms with Crippen LogP contribution in [0.15, 0.2) is 12.4 Å². The van der Waals surface area contributed by atoms with Crippen LogP contribution in [0.4, 0.5) is 0 Å². The number of fused-ring (bicyclic) bond motifs is 2. The average molecular weight is 221 g/mol. The van der Waals surface area contributed by atoms with E-state index in [2.05, 4.69) is 14.5 Å². The maximum atomic E-state index is 9.74. The Kier molecular flexibility index (Phi) is 2.48. The lowest BCUT2D eigenvalue weighted by atomic mass is 10.00. The van der Waals surface area contributed by atoms with E-state index in [-0.39, 0.29) is 6.10 Å². The Hall–Kier alpha value is -0.870. The summed E-state index contributed by atoms with van der Waals surface area (Å²) in [6, 6.07) is 1.15. The van der Waals surface area contributed by atoms with Gasteiger partial charge in [0.1, 0.15) is 5.82 Å². The Morgan fingerprint density at radius 2 is 2.06 bits per heavy atom. The highest BCUT2D eigenvalue weighted by molar-refractivity contribution is 4.99. The van der Waals surface area contributed by atoms with E-state index in [9.17, 15) is 5.11 Å². The lowest BCUT2D eigenvalue weighted by Gasteiger charge is -2.36. The van der Waals surface area contributed by atoms with Gasteiger partial charge in [0.05, 0.1) is 12.6 Å². The lowest BCUT2D eigenvalue weighted by molar-refractivity contribution is 0.0292. The molecule has 2 bridgehead atoms. The van der Waals surface area contributed by atoms with Crippen LogP contribution in [0, 0.1) is 0 Å². The smallest absolute Gasteiger partial charge is 0.122 e. The minimum absolute atomic E-state index is 0.0740. The van der Waals surface area contributed by atoms with E-state index in [0.717, 1.165) is 25.2 Å². The predicted octanol–water partition coefficient (Wildman–Crippen LogP) is 0.908. The molecule has 2 aliphatic heterocycles. The number of aliphatic hydroxyl groups is 1. The Morgan fingerprint density at radius 3 is 2.62 bits per heavy atom. The van der Waals surface area contributed by atoms with Gasteiger partial charge in [0.25, 0.3) is 0 Å². The van der Waals surface area contributed by atoms with Gasteiger partial charge in [0.2, 0.25) is 0 Å². The van der Waals surface area contributed by atoms with Crippen molar-refractivity contribution in [1.82, 2.24) is 14.5 Å². The number of aryl methyl sites for hydroxylation is 1. The molecule has 2 aliphatic rings. The van der Waals surface area contributed by atoms with Gasteiger partial charge in [-0.3, -0.25) is 4.90 Å². The van der Waals surface area contributed by atoms with Gasteiger partial charge in [-0.25, -0.2) is 4.98 Å². The Morgan fingerprint density at radius 1 is 1.38 bits per heavy atom. The second-order valence-corrected chi connectivity index (χ2v) is 5.14. The summed E-state index contributed by atoms with van der Waals surface area (Å²) in [6.07, 6.45) is 8.15. The molecule has 4 heteroatoms. The molecule has 88 valence electrons. The standard InChI is InChI=1S/C12H19N3O/c1-14-5-4-13-12(14)8-15-9-2-3-10(15)7-11(16)6-9/h4-5,9-11,16H,2-3,6-8H2,1H3. The van der Waals surface area contributed by atoms with Crippen LogP contribution in [0.2, 0.25) is 0 Å². The fourth-order valence-electron chi connectivity index (χ4n) is 3.22. The zero-order valence-corrected chi connectivity index (χ0v) is 9.71. The minimum atomic E-state index is -0.0740. The largest absolute Gasteiger partial charge is 0.393 e. The molecule has 1 N–H and O–H groups in total. The molecule has 0 radical (unpaired) electrons. The first-order valence-electron chi connectivity index (χ1n) is 6.14. The van der Waals surface area contributed by atoms with Gasteiger partial charge in [0.15, 0.2) is 0 Å². The SMILES string of the molecule is Cn1ccnc1CN1C2CCC1CC(O)C2. The summed E-state index contributed by atoms with van der Waals surface area (Å²) >= 11 is 0. The van der Waals surface area contributed by atoms with Crippen molar-refractivity contribution in [3.63, 3.8) is 0 Å². The summed E-state index contributed by atoms with van der Waals surface area (Å²) < 4.78 is 2.09. The van der Waals surface area contributed by atoms with Gasteiger partial charge in [-0.15, -0.1) is 0 Å². The molecule has 1 aromatic heterocycles. The van der Waals surface area contributed by atoms with Gasteiger partial charge in [0, 0.05) is 31.5 Å². The molecule has 1 aromatic rings. The van der Waals surface area contributed by atoms with E-state index in [4.69, 9.17) is 0 Å². The fourth-order valence-corrected chi connectivity index (χ4v) is 3.22. The number of rotatable bonds is 2. The van der Waals surface area contributed by atoms with Gasteiger partial charge < -0.3 is 9.67 Å². The molecule has 2 saturated heterocycles. The van der Waals surface area contributed by atoms with Crippen molar-refractivity contribution in [2.45, 2.75) is 50.4 Å². The normalized spacial score (nSPS) is 34.5. The summed E-state index contributed by atoms with van der Waals surface area (Å²) in [7, 11) is 2.04. The third-order valence-electron chi connectivity index (χ3n) is 4.10. The fraction of sp³-hybridized carbons (Fsp3) is 0.750. The third-order valence-corrected chi connectivity index (χ3v) is 4.10. The molecule has 3 heterocycles. The first-order chi connectivity index (χ1) is 7.74.